The van der Waals surface area contributed by atoms with Crippen molar-refractivity contribution in [1.29, 1.82) is 0 Å². The van der Waals surface area contributed by atoms with E-state index in [1.165, 1.54) is 24.3 Å². The van der Waals surface area contributed by atoms with Gasteiger partial charge in [-0.3, -0.25) is 5.84 Å². The van der Waals surface area contributed by atoms with Crippen LogP contribution in [-0.4, -0.2) is 0 Å². The van der Waals surface area contributed by atoms with Crippen molar-refractivity contribution < 1.29 is 13.2 Å². The second-order valence-corrected chi connectivity index (χ2v) is 4.02. The van der Waals surface area contributed by atoms with Crippen molar-refractivity contribution in [3.63, 3.8) is 0 Å². The first-order valence-corrected chi connectivity index (χ1v) is 5.49. The number of nitrogen functional groups attached to an aromatic ring is 1. The highest BCUT2D eigenvalue weighted by Crippen LogP contribution is 2.29. The van der Waals surface area contributed by atoms with E-state index in [0.717, 1.165) is 12.1 Å². The summed E-state index contributed by atoms with van der Waals surface area (Å²) in [5.74, 6) is 2.76. The number of hydrazine groups is 1. The van der Waals surface area contributed by atoms with E-state index in [1.807, 2.05) is 0 Å². The van der Waals surface area contributed by atoms with Crippen molar-refractivity contribution in [2.24, 2.45) is 5.84 Å². The van der Waals surface area contributed by atoms with Crippen LogP contribution in [0.25, 0.3) is 0 Å². The Morgan fingerprint density at radius 3 is 2.42 bits per heavy atom. The zero-order valence-electron chi connectivity index (χ0n) is 9.83. The number of nitrogens with two attached hydrogens (primary N) is 2. The van der Waals surface area contributed by atoms with Crippen molar-refractivity contribution >= 4 is 5.69 Å². The summed E-state index contributed by atoms with van der Waals surface area (Å²) in [6.45, 7) is 0. The molecule has 0 amide bonds. The van der Waals surface area contributed by atoms with E-state index in [9.17, 15) is 13.2 Å². The molecule has 0 spiro atoms. The molecule has 0 aliphatic carbocycles. The van der Waals surface area contributed by atoms with Crippen LogP contribution in [0.4, 0.5) is 18.9 Å². The van der Waals surface area contributed by atoms with E-state index < -0.39 is 23.5 Å². The molecule has 0 saturated carbocycles. The molecule has 0 fully saturated rings. The number of anilines is 1. The summed E-state index contributed by atoms with van der Waals surface area (Å²) >= 11 is 0. The summed E-state index contributed by atoms with van der Waals surface area (Å²) in [7, 11) is 0. The lowest BCUT2D eigenvalue weighted by Gasteiger charge is -2.19. The molecule has 100 valence electrons. The van der Waals surface area contributed by atoms with Crippen LogP contribution in [0.3, 0.4) is 0 Å². The topological polar surface area (TPSA) is 64.1 Å². The van der Waals surface area contributed by atoms with Gasteiger partial charge in [0.1, 0.15) is 5.82 Å². The summed E-state index contributed by atoms with van der Waals surface area (Å²) in [5.41, 5.74) is 8.46. The molecule has 0 saturated heterocycles. The molecular formula is C13H12F3N3. The van der Waals surface area contributed by atoms with Crippen LogP contribution < -0.4 is 17.0 Å². The minimum absolute atomic E-state index is 0.0419. The molecule has 1 unspecified atom stereocenters. The van der Waals surface area contributed by atoms with Gasteiger partial charge < -0.3 is 5.73 Å². The highest BCUT2D eigenvalue weighted by molar-refractivity contribution is 5.51. The number of benzene rings is 2. The van der Waals surface area contributed by atoms with Crippen LogP contribution in [-0.2, 0) is 0 Å². The van der Waals surface area contributed by atoms with Gasteiger partial charge in [-0.05, 0) is 24.3 Å². The molecular weight excluding hydrogens is 255 g/mol. The van der Waals surface area contributed by atoms with Gasteiger partial charge >= 0.3 is 0 Å². The first-order valence-electron chi connectivity index (χ1n) is 5.49. The van der Waals surface area contributed by atoms with E-state index in [1.54, 1.807) is 0 Å². The van der Waals surface area contributed by atoms with Gasteiger partial charge in [0.25, 0.3) is 0 Å². The lowest BCUT2D eigenvalue weighted by atomic mass is 9.97. The van der Waals surface area contributed by atoms with Gasteiger partial charge in [0, 0.05) is 16.8 Å². The third kappa shape index (κ3) is 2.54. The van der Waals surface area contributed by atoms with Crippen molar-refractivity contribution in [3.8, 4) is 0 Å². The monoisotopic (exact) mass is 267 g/mol. The van der Waals surface area contributed by atoms with Gasteiger partial charge in [-0.25, -0.2) is 18.6 Å². The van der Waals surface area contributed by atoms with E-state index >= 15 is 0 Å². The molecule has 0 aliphatic rings. The van der Waals surface area contributed by atoms with E-state index in [2.05, 4.69) is 5.43 Å². The molecule has 0 aromatic heterocycles. The van der Waals surface area contributed by atoms with Crippen LogP contribution in [0.2, 0.25) is 0 Å². The van der Waals surface area contributed by atoms with Crippen LogP contribution in [0.1, 0.15) is 17.2 Å². The fraction of sp³-hybridized carbons (Fsp3) is 0.0769. The number of hydrogen-bond donors (Lipinski definition) is 3. The second-order valence-electron chi connectivity index (χ2n) is 4.02. The molecule has 1 atom stereocenters. The molecule has 2 rings (SSSR count). The smallest absolute Gasteiger partial charge is 0.163 e. The fourth-order valence-electron chi connectivity index (χ4n) is 1.89. The standard InChI is InChI=1S/C13H12F3N3/c14-7-4-5-11(17)9(6-7)13(19-18)8-2-1-3-10(15)12(8)16/h1-6,13,19H,17-18H2. The first-order chi connectivity index (χ1) is 9.04. The molecule has 0 heterocycles. The summed E-state index contributed by atoms with van der Waals surface area (Å²) < 4.78 is 40.2. The predicted octanol–water partition coefficient (Wildman–Crippen LogP) is 2.24. The van der Waals surface area contributed by atoms with Crippen LogP contribution in [0.5, 0.6) is 0 Å². The lowest BCUT2D eigenvalue weighted by Crippen LogP contribution is -2.30. The third-order valence-corrected chi connectivity index (χ3v) is 2.82. The average molecular weight is 267 g/mol. The predicted molar refractivity (Wildman–Crippen MR) is 66.3 cm³/mol. The molecule has 0 bridgehead atoms. The number of rotatable bonds is 3. The van der Waals surface area contributed by atoms with Gasteiger partial charge in [0.05, 0.1) is 6.04 Å². The van der Waals surface area contributed by atoms with Gasteiger partial charge in [-0.1, -0.05) is 12.1 Å². The molecule has 3 nitrogen and oxygen atoms in total. The van der Waals surface area contributed by atoms with Gasteiger partial charge in [-0.15, -0.1) is 0 Å². The molecule has 19 heavy (non-hydrogen) atoms. The zero-order valence-corrected chi connectivity index (χ0v) is 9.83. The molecule has 6 heteroatoms. The number of hydrogen-bond acceptors (Lipinski definition) is 3. The maximum Gasteiger partial charge on any atom is 0.163 e. The Hall–Kier alpha value is -2.05. The summed E-state index contributed by atoms with van der Waals surface area (Å²) in [6, 6.07) is 6.39. The SMILES string of the molecule is NNC(c1cc(F)ccc1N)c1cccc(F)c1F. The largest absolute Gasteiger partial charge is 0.398 e. The van der Waals surface area contributed by atoms with E-state index in [-0.39, 0.29) is 16.8 Å². The Balaban J connectivity index is 2.56. The summed E-state index contributed by atoms with van der Waals surface area (Å²) in [6.07, 6.45) is 0. The minimum Gasteiger partial charge on any atom is -0.398 e. The van der Waals surface area contributed by atoms with Crippen molar-refractivity contribution in [3.05, 3.63) is 65.0 Å². The molecule has 2 aromatic rings. The lowest BCUT2D eigenvalue weighted by molar-refractivity contribution is 0.482. The second kappa shape index (κ2) is 5.29. The van der Waals surface area contributed by atoms with Gasteiger partial charge in [0.2, 0.25) is 0 Å². The zero-order chi connectivity index (χ0) is 14.0. The highest BCUT2D eigenvalue weighted by atomic mass is 19.2. The molecule has 0 aliphatic heterocycles. The Morgan fingerprint density at radius 2 is 1.74 bits per heavy atom. The Bertz CT molecular complexity index is 600. The van der Waals surface area contributed by atoms with E-state index in [0.29, 0.717) is 0 Å². The van der Waals surface area contributed by atoms with Crippen molar-refractivity contribution in [1.82, 2.24) is 5.43 Å². The quantitative estimate of drug-likeness (QED) is 0.454. The summed E-state index contributed by atoms with van der Waals surface area (Å²) in [4.78, 5) is 0. The van der Waals surface area contributed by atoms with Crippen LogP contribution >= 0.6 is 0 Å². The fourth-order valence-corrected chi connectivity index (χ4v) is 1.89. The maximum absolute atomic E-state index is 13.8. The Morgan fingerprint density at radius 1 is 1.00 bits per heavy atom. The Kier molecular flexibility index (Phi) is 3.73. The van der Waals surface area contributed by atoms with Crippen molar-refractivity contribution in [2.45, 2.75) is 6.04 Å². The average Bonchev–Trinajstić information content (AvgIpc) is 2.39. The van der Waals surface area contributed by atoms with Crippen LogP contribution in [0, 0.1) is 17.5 Å². The third-order valence-electron chi connectivity index (χ3n) is 2.82. The first kappa shape index (κ1) is 13.4. The van der Waals surface area contributed by atoms with E-state index in [4.69, 9.17) is 11.6 Å². The van der Waals surface area contributed by atoms with Crippen LogP contribution in [0.15, 0.2) is 36.4 Å². The molecule has 5 N–H and O–H groups in total. The maximum atomic E-state index is 13.8. The van der Waals surface area contributed by atoms with Gasteiger partial charge in [-0.2, -0.15) is 0 Å². The number of nitrogens with one attached hydrogen (secondary N) is 1. The Labute approximate surface area is 108 Å². The highest BCUT2D eigenvalue weighted by Gasteiger charge is 2.21. The molecule has 2 aromatic carbocycles. The minimum atomic E-state index is -1.05. The van der Waals surface area contributed by atoms with Gasteiger partial charge in [0.15, 0.2) is 11.6 Å². The van der Waals surface area contributed by atoms with Crippen molar-refractivity contribution in [2.75, 3.05) is 5.73 Å². The summed E-state index contributed by atoms with van der Waals surface area (Å²) in [5, 5.41) is 0. The normalized spacial score (nSPS) is 12.4. The molecule has 0 radical (unpaired) electrons. The number of halogens is 3.